The van der Waals surface area contributed by atoms with Crippen molar-refractivity contribution in [1.82, 2.24) is 10.1 Å². The van der Waals surface area contributed by atoms with Crippen LogP contribution in [0, 0.1) is 11.8 Å². The lowest BCUT2D eigenvalue weighted by molar-refractivity contribution is -0.0658. The van der Waals surface area contributed by atoms with Crippen LogP contribution in [0.1, 0.15) is 58.2 Å². The van der Waals surface area contributed by atoms with Gasteiger partial charge in [0.15, 0.2) is 0 Å². The highest BCUT2D eigenvalue weighted by Crippen LogP contribution is 2.41. The topological polar surface area (TPSA) is 74.2 Å². The van der Waals surface area contributed by atoms with E-state index in [2.05, 4.69) is 30.9 Å². The van der Waals surface area contributed by atoms with E-state index in [1.807, 2.05) is 0 Å². The Morgan fingerprint density at radius 2 is 2.25 bits per heavy atom. The van der Waals surface area contributed by atoms with Gasteiger partial charge in [-0.15, -0.1) is 0 Å². The van der Waals surface area contributed by atoms with Gasteiger partial charge in [-0.05, 0) is 31.1 Å². The second kappa shape index (κ2) is 6.22. The minimum atomic E-state index is -0.374. The van der Waals surface area contributed by atoms with Crippen molar-refractivity contribution < 1.29 is 9.26 Å². The molecule has 0 aliphatic heterocycles. The summed E-state index contributed by atoms with van der Waals surface area (Å²) in [5, 5.41) is 4.16. The van der Waals surface area contributed by atoms with Crippen molar-refractivity contribution in [2.45, 2.75) is 64.5 Å². The molecule has 1 aromatic rings. The quantitative estimate of drug-likeness (QED) is 0.898. The van der Waals surface area contributed by atoms with Gasteiger partial charge >= 0.3 is 0 Å². The maximum atomic E-state index is 6.06. The summed E-state index contributed by atoms with van der Waals surface area (Å²) in [6.45, 7) is 6.45. The third-order valence-electron chi connectivity index (χ3n) is 4.49. The average Bonchev–Trinajstić information content (AvgIpc) is 2.87. The number of ether oxygens (including phenoxy) is 1. The van der Waals surface area contributed by atoms with Gasteiger partial charge in [0.05, 0.1) is 0 Å². The van der Waals surface area contributed by atoms with E-state index in [1.165, 1.54) is 6.42 Å². The molecule has 1 heterocycles. The number of methoxy groups -OCH3 is 1. The molecular formula is C15H27N3O2. The van der Waals surface area contributed by atoms with Crippen molar-refractivity contribution in [2.75, 3.05) is 7.11 Å². The van der Waals surface area contributed by atoms with E-state index in [4.69, 9.17) is 15.0 Å². The molecule has 3 atom stereocenters. The van der Waals surface area contributed by atoms with Crippen LogP contribution in [0.25, 0.3) is 0 Å². The Morgan fingerprint density at radius 3 is 2.85 bits per heavy atom. The fourth-order valence-electron chi connectivity index (χ4n) is 2.94. The summed E-state index contributed by atoms with van der Waals surface area (Å²) in [6.07, 6.45) is 4.93. The summed E-state index contributed by atoms with van der Waals surface area (Å²) in [7, 11) is 1.74. The van der Waals surface area contributed by atoms with Crippen molar-refractivity contribution in [3.05, 3.63) is 11.7 Å². The van der Waals surface area contributed by atoms with Gasteiger partial charge in [0.2, 0.25) is 11.7 Å². The summed E-state index contributed by atoms with van der Waals surface area (Å²) in [6, 6.07) is 0.0482. The SMILES string of the molecule is COC1(c2noc(CC(N)C(C)C)n2)CCCC(C)C1. The van der Waals surface area contributed by atoms with E-state index in [0.29, 0.717) is 30.0 Å². The Kier molecular flexibility index (Phi) is 4.81. The number of rotatable bonds is 5. The van der Waals surface area contributed by atoms with Crippen LogP contribution in [0.3, 0.4) is 0 Å². The van der Waals surface area contributed by atoms with Crippen LogP contribution >= 0.6 is 0 Å². The van der Waals surface area contributed by atoms with Gasteiger partial charge in [-0.2, -0.15) is 4.98 Å². The first-order chi connectivity index (χ1) is 9.47. The zero-order chi connectivity index (χ0) is 14.8. The van der Waals surface area contributed by atoms with Crippen LogP contribution in [0.5, 0.6) is 0 Å². The van der Waals surface area contributed by atoms with E-state index in [-0.39, 0.29) is 11.6 Å². The summed E-state index contributed by atoms with van der Waals surface area (Å²) in [4.78, 5) is 4.55. The van der Waals surface area contributed by atoms with Gasteiger partial charge in [-0.25, -0.2) is 0 Å². The number of nitrogens with zero attached hydrogens (tertiary/aromatic N) is 2. The van der Waals surface area contributed by atoms with Gasteiger partial charge < -0.3 is 15.0 Å². The molecular weight excluding hydrogens is 254 g/mol. The standard InChI is InChI=1S/C15H27N3O2/c1-10(2)12(16)8-13-17-14(18-20-13)15(19-4)7-5-6-11(3)9-15/h10-12H,5-9,16H2,1-4H3. The first-order valence-corrected chi connectivity index (χ1v) is 7.60. The van der Waals surface area contributed by atoms with Crippen molar-refractivity contribution in [3.63, 3.8) is 0 Å². The Labute approximate surface area is 121 Å². The fourth-order valence-corrected chi connectivity index (χ4v) is 2.94. The number of aromatic nitrogens is 2. The number of hydrogen-bond acceptors (Lipinski definition) is 5. The smallest absolute Gasteiger partial charge is 0.228 e. The van der Waals surface area contributed by atoms with E-state index in [0.717, 1.165) is 19.3 Å². The molecule has 0 radical (unpaired) electrons. The first kappa shape index (κ1) is 15.4. The van der Waals surface area contributed by atoms with Crippen molar-refractivity contribution in [2.24, 2.45) is 17.6 Å². The monoisotopic (exact) mass is 281 g/mol. The zero-order valence-corrected chi connectivity index (χ0v) is 13.1. The van der Waals surface area contributed by atoms with Crippen LogP contribution in [0.4, 0.5) is 0 Å². The molecule has 5 heteroatoms. The summed E-state index contributed by atoms with van der Waals surface area (Å²) in [5.74, 6) is 2.34. The summed E-state index contributed by atoms with van der Waals surface area (Å²) in [5.41, 5.74) is 5.69. The first-order valence-electron chi connectivity index (χ1n) is 7.60. The molecule has 1 fully saturated rings. The van der Waals surface area contributed by atoms with Crippen LogP contribution in [-0.2, 0) is 16.8 Å². The summed E-state index contributed by atoms with van der Waals surface area (Å²) >= 11 is 0. The van der Waals surface area contributed by atoms with E-state index >= 15 is 0 Å². The van der Waals surface area contributed by atoms with E-state index in [1.54, 1.807) is 7.11 Å². The molecule has 2 rings (SSSR count). The molecule has 1 saturated carbocycles. The molecule has 114 valence electrons. The van der Waals surface area contributed by atoms with Gasteiger partial charge in [0.25, 0.3) is 0 Å². The number of hydrogen-bond donors (Lipinski definition) is 1. The highest BCUT2D eigenvalue weighted by atomic mass is 16.5. The predicted octanol–water partition coefficient (Wildman–Crippen LogP) is 2.65. The van der Waals surface area contributed by atoms with Gasteiger partial charge in [0.1, 0.15) is 5.60 Å². The molecule has 0 aromatic carbocycles. The van der Waals surface area contributed by atoms with E-state index in [9.17, 15) is 0 Å². The highest BCUT2D eigenvalue weighted by Gasteiger charge is 2.41. The van der Waals surface area contributed by atoms with Crippen LogP contribution in [0.15, 0.2) is 4.52 Å². The van der Waals surface area contributed by atoms with Crippen molar-refractivity contribution in [3.8, 4) is 0 Å². The van der Waals surface area contributed by atoms with Crippen molar-refractivity contribution in [1.29, 1.82) is 0 Å². The molecule has 0 bridgehead atoms. The molecule has 1 aliphatic carbocycles. The minimum absolute atomic E-state index is 0.0482. The zero-order valence-electron chi connectivity index (χ0n) is 13.1. The highest BCUT2D eigenvalue weighted by molar-refractivity contribution is 5.04. The number of nitrogens with two attached hydrogens (primary N) is 1. The Hall–Kier alpha value is -0.940. The van der Waals surface area contributed by atoms with Gasteiger partial charge in [-0.1, -0.05) is 32.3 Å². The third-order valence-corrected chi connectivity index (χ3v) is 4.49. The lowest BCUT2D eigenvalue weighted by atomic mass is 9.78. The maximum absolute atomic E-state index is 6.06. The minimum Gasteiger partial charge on any atom is -0.370 e. The molecule has 0 saturated heterocycles. The molecule has 20 heavy (non-hydrogen) atoms. The lowest BCUT2D eigenvalue weighted by Crippen LogP contribution is -2.35. The maximum Gasteiger partial charge on any atom is 0.228 e. The summed E-state index contributed by atoms with van der Waals surface area (Å²) < 4.78 is 11.2. The van der Waals surface area contributed by atoms with Gasteiger partial charge in [0, 0.05) is 19.6 Å². The Morgan fingerprint density at radius 1 is 1.50 bits per heavy atom. The van der Waals surface area contributed by atoms with E-state index < -0.39 is 0 Å². The molecule has 5 nitrogen and oxygen atoms in total. The fraction of sp³-hybridized carbons (Fsp3) is 0.867. The predicted molar refractivity (Wildman–Crippen MR) is 77.1 cm³/mol. The normalized spacial score (nSPS) is 28.8. The molecule has 1 aromatic heterocycles. The average molecular weight is 281 g/mol. The third kappa shape index (κ3) is 3.20. The molecule has 3 unspecified atom stereocenters. The lowest BCUT2D eigenvalue weighted by Gasteiger charge is -2.36. The largest absolute Gasteiger partial charge is 0.370 e. The van der Waals surface area contributed by atoms with Crippen molar-refractivity contribution >= 4 is 0 Å². The Bertz CT molecular complexity index is 433. The molecule has 0 spiro atoms. The van der Waals surface area contributed by atoms with Crippen LogP contribution < -0.4 is 5.73 Å². The van der Waals surface area contributed by atoms with Gasteiger partial charge in [-0.3, -0.25) is 0 Å². The molecule has 0 amide bonds. The molecule has 2 N–H and O–H groups in total. The second-order valence-electron chi connectivity index (χ2n) is 6.52. The van der Waals surface area contributed by atoms with Crippen LogP contribution in [-0.4, -0.2) is 23.3 Å². The molecule has 1 aliphatic rings. The second-order valence-corrected chi connectivity index (χ2v) is 6.52. The van der Waals surface area contributed by atoms with Crippen LogP contribution in [0.2, 0.25) is 0 Å². The Balaban J connectivity index is 2.13.